The molecule has 3 aromatic rings. The minimum absolute atomic E-state index is 0.175. The largest absolute Gasteiger partial charge is 0.480 e. The summed E-state index contributed by atoms with van der Waals surface area (Å²) in [7, 11) is 1.59. The molecule has 0 saturated carbocycles. The number of imidazole rings is 1. The van der Waals surface area contributed by atoms with Gasteiger partial charge in [-0.1, -0.05) is 0 Å². The minimum atomic E-state index is -0.913. The second-order valence-electron chi connectivity index (χ2n) is 7.11. The topological polar surface area (TPSA) is 110 Å². The van der Waals surface area contributed by atoms with Gasteiger partial charge in [-0.15, -0.1) is 0 Å². The summed E-state index contributed by atoms with van der Waals surface area (Å²) in [5.74, 6) is 0.607. The highest BCUT2D eigenvalue weighted by Crippen LogP contribution is 2.27. The van der Waals surface area contributed by atoms with Gasteiger partial charge in [0.05, 0.1) is 12.4 Å². The molecule has 1 aliphatic rings. The highest BCUT2D eigenvalue weighted by Gasteiger charge is 2.39. The number of carbonyl (C=O) groups is 1. The lowest BCUT2D eigenvalue weighted by Gasteiger charge is -2.22. The summed E-state index contributed by atoms with van der Waals surface area (Å²) in [4.78, 5) is 26.9. The summed E-state index contributed by atoms with van der Waals surface area (Å²) in [6.45, 7) is 4.57. The van der Waals surface area contributed by atoms with Crippen LogP contribution in [-0.4, -0.2) is 60.8 Å². The maximum absolute atomic E-state index is 11.7. The van der Waals surface area contributed by atoms with Crippen LogP contribution >= 0.6 is 0 Å². The van der Waals surface area contributed by atoms with E-state index in [1.807, 2.05) is 29.1 Å². The summed E-state index contributed by atoms with van der Waals surface area (Å²) in [6.07, 6.45) is 5.72. The maximum atomic E-state index is 11.7. The highest BCUT2D eigenvalue weighted by molar-refractivity contribution is 5.78. The fourth-order valence-electron chi connectivity index (χ4n) is 3.36. The lowest BCUT2D eigenvalue weighted by atomic mass is 10.2. The van der Waals surface area contributed by atoms with Crippen LogP contribution in [0.15, 0.2) is 30.9 Å². The van der Waals surface area contributed by atoms with Gasteiger partial charge in [-0.05, 0) is 26.0 Å². The van der Waals surface area contributed by atoms with Gasteiger partial charge in [0.1, 0.15) is 11.7 Å². The number of fused-ring (bicyclic) bond motifs is 1. The normalized spacial score (nSPS) is 19.6. The molecule has 3 aromatic heterocycles. The van der Waals surface area contributed by atoms with Crippen molar-refractivity contribution in [2.45, 2.75) is 38.5 Å². The molecule has 0 spiro atoms. The molecule has 4 heterocycles. The molecule has 0 radical (unpaired) electrons. The first kappa shape index (κ1) is 18.2. The summed E-state index contributed by atoms with van der Waals surface area (Å²) in [5, 5.41) is 12.8. The quantitative estimate of drug-likeness (QED) is 0.662. The number of carboxylic acid groups (broad SMARTS) is 1. The monoisotopic (exact) mass is 385 g/mol. The van der Waals surface area contributed by atoms with Crippen LogP contribution < -0.4 is 10.2 Å². The Kier molecular flexibility index (Phi) is 4.63. The lowest BCUT2D eigenvalue weighted by Crippen LogP contribution is -2.37. The second-order valence-corrected chi connectivity index (χ2v) is 7.11. The van der Waals surface area contributed by atoms with E-state index < -0.39 is 12.0 Å². The molecule has 0 aliphatic carbocycles. The van der Waals surface area contributed by atoms with Gasteiger partial charge < -0.3 is 24.6 Å². The first-order valence-electron chi connectivity index (χ1n) is 9.14. The van der Waals surface area contributed by atoms with E-state index >= 15 is 0 Å². The zero-order valence-corrected chi connectivity index (χ0v) is 16.0. The van der Waals surface area contributed by atoms with Crippen molar-refractivity contribution in [3.8, 4) is 0 Å². The Labute approximate surface area is 161 Å². The van der Waals surface area contributed by atoms with E-state index in [0.717, 1.165) is 0 Å². The number of aliphatic carboxylic acids is 1. The molecular formula is C18H23N7O3. The van der Waals surface area contributed by atoms with Crippen molar-refractivity contribution >= 4 is 29.3 Å². The number of rotatable bonds is 6. The fourth-order valence-corrected chi connectivity index (χ4v) is 3.36. The Balaban J connectivity index is 1.71. The van der Waals surface area contributed by atoms with E-state index in [1.165, 1.54) is 0 Å². The molecule has 1 fully saturated rings. The Hall–Kier alpha value is -3.14. The van der Waals surface area contributed by atoms with E-state index in [4.69, 9.17) is 4.74 Å². The van der Waals surface area contributed by atoms with Crippen LogP contribution in [0.3, 0.4) is 0 Å². The SMILES string of the molecule is CO[C@@H]1C[C@@H](C(=O)O)N(c2nc(Nc3cn(C(C)C)cn3)n3cccc3n2)C1. The first-order chi connectivity index (χ1) is 13.5. The predicted octanol–water partition coefficient (Wildman–Crippen LogP) is 1.93. The van der Waals surface area contributed by atoms with Gasteiger partial charge in [0, 0.05) is 38.5 Å². The smallest absolute Gasteiger partial charge is 0.326 e. The summed E-state index contributed by atoms with van der Waals surface area (Å²) < 4.78 is 9.16. The van der Waals surface area contributed by atoms with Crippen molar-refractivity contribution in [3.63, 3.8) is 0 Å². The number of hydrogen-bond donors (Lipinski definition) is 2. The standard InChI is InChI=1S/C18H23N7O3/c1-11(2)23-9-14(19-10-23)20-17-22-18(21-15-5-4-6-24(15)17)25-8-12(28-3)7-13(25)16(26)27/h4-6,9-13H,7-8H2,1-3H3,(H,26,27)(H,20,21,22)/t12-,13+/m1/s1. The Morgan fingerprint density at radius 2 is 2.21 bits per heavy atom. The van der Waals surface area contributed by atoms with Crippen molar-refractivity contribution in [3.05, 3.63) is 30.9 Å². The third kappa shape index (κ3) is 3.26. The number of aromatic nitrogens is 5. The van der Waals surface area contributed by atoms with Crippen molar-refractivity contribution in [2.24, 2.45) is 0 Å². The number of methoxy groups -OCH3 is 1. The van der Waals surface area contributed by atoms with Crippen molar-refractivity contribution in [1.82, 2.24) is 23.9 Å². The average molecular weight is 385 g/mol. The third-order valence-corrected chi connectivity index (χ3v) is 4.95. The molecule has 0 unspecified atom stereocenters. The number of nitrogens with zero attached hydrogens (tertiary/aromatic N) is 6. The zero-order chi connectivity index (χ0) is 19.8. The summed E-state index contributed by atoms with van der Waals surface area (Å²) in [6, 6.07) is 3.28. The predicted molar refractivity (Wildman–Crippen MR) is 103 cm³/mol. The van der Waals surface area contributed by atoms with Crippen LogP contribution in [0.2, 0.25) is 0 Å². The molecule has 0 amide bonds. The molecule has 10 nitrogen and oxygen atoms in total. The number of hydrogen-bond acceptors (Lipinski definition) is 7. The first-order valence-corrected chi connectivity index (χ1v) is 9.14. The maximum Gasteiger partial charge on any atom is 0.326 e. The molecule has 1 aliphatic heterocycles. The van der Waals surface area contributed by atoms with E-state index in [1.54, 1.807) is 22.7 Å². The molecule has 28 heavy (non-hydrogen) atoms. The van der Waals surface area contributed by atoms with Crippen LogP contribution in [0.5, 0.6) is 0 Å². The van der Waals surface area contributed by atoms with Crippen LogP contribution in [-0.2, 0) is 9.53 Å². The zero-order valence-electron chi connectivity index (χ0n) is 16.0. The van der Waals surface area contributed by atoms with E-state index in [9.17, 15) is 9.90 Å². The molecular weight excluding hydrogens is 362 g/mol. The third-order valence-electron chi connectivity index (χ3n) is 4.95. The van der Waals surface area contributed by atoms with Gasteiger partial charge >= 0.3 is 5.97 Å². The molecule has 2 N–H and O–H groups in total. The Bertz CT molecular complexity index is 996. The lowest BCUT2D eigenvalue weighted by molar-refractivity contribution is -0.138. The number of anilines is 3. The summed E-state index contributed by atoms with van der Waals surface area (Å²) >= 11 is 0. The van der Waals surface area contributed by atoms with Crippen LogP contribution in [0.25, 0.3) is 5.65 Å². The van der Waals surface area contributed by atoms with Crippen LogP contribution in [0, 0.1) is 0 Å². The molecule has 4 rings (SSSR count). The number of ether oxygens (including phenoxy) is 1. The molecule has 0 aromatic carbocycles. The number of carboxylic acids is 1. The molecule has 0 bridgehead atoms. The Morgan fingerprint density at radius 3 is 2.89 bits per heavy atom. The average Bonchev–Trinajstić information content (AvgIpc) is 3.40. The van der Waals surface area contributed by atoms with Gasteiger partial charge in [-0.2, -0.15) is 9.97 Å². The van der Waals surface area contributed by atoms with Gasteiger partial charge in [0.15, 0.2) is 5.82 Å². The fraction of sp³-hybridized carbons (Fsp3) is 0.444. The molecule has 148 valence electrons. The second kappa shape index (κ2) is 7.12. The van der Waals surface area contributed by atoms with Gasteiger partial charge in [-0.25, -0.2) is 9.78 Å². The van der Waals surface area contributed by atoms with Crippen LogP contribution in [0.1, 0.15) is 26.3 Å². The molecule has 10 heteroatoms. The highest BCUT2D eigenvalue weighted by atomic mass is 16.5. The van der Waals surface area contributed by atoms with E-state index in [-0.39, 0.29) is 6.10 Å². The Morgan fingerprint density at radius 1 is 1.39 bits per heavy atom. The van der Waals surface area contributed by atoms with E-state index in [0.29, 0.717) is 42.4 Å². The molecule has 1 saturated heterocycles. The van der Waals surface area contributed by atoms with Crippen molar-refractivity contribution in [2.75, 3.05) is 23.9 Å². The van der Waals surface area contributed by atoms with E-state index in [2.05, 4.69) is 34.1 Å². The molecule has 2 atom stereocenters. The van der Waals surface area contributed by atoms with Crippen LogP contribution in [0.4, 0.5) is 17.7 Å². The van der Waals surface area contributed by atoms with Crippen molar-refractivity contribution in [1.29, 1.82) is 0 Å². The van der Waals surface area contributed by atoms with Gasteiger partial charge in [0.25, 0.3) is 0 Å². The minimum Gasteiger partial charge on any atom is -0.480 e. The van der Waals surface area contributed by atoms with Gasteiger partial charge in [-0.3, -0.25) is 4.40 Å². The number of nitrogens with one attached hydrogen (secondary N) is 1. The summed E-state index contributed by atoms with van der Waals surface area (Å²) in [5.41, 5.74) is 0.667. The van der Waals surface area contributed by atoms with Gasteiger partial charge in [0.2, 0.25) is 11.9 Å². The van der Waals surface area contributed by atoms with Crippen molar-refractivity contribution < 1.29 is 14.6 Å².